The summed E-state index contributed by atoms with van der Waals surface area (Å²) >= 11 is 0. The van der Waals surface area contributed by atoms with Crippen LogP contribution in [0.25, 0.3) is 0 Å². The second-order valence-electron chi connectivity index (χ2n) is 6.84. The SMILES string of the molecule is CC1(C)CCC(CNC(=O)NCCCC(=O)O)c2ccccc21. The van der Waals surface area contributed by atoms with Gasteiger partial charge in [-0.2, -0.15) is 0 Å². The summed E-state index contributed by atoms with van der Waals surface area (Å²) in [5.41, 5.74) is 2.89. The van der Waals surface area contributed by atoms with Crippen LogP contribution in [0.1, 0.15) is 56.6 Å². The van der Waals surface area contributed by atoms with Crippen LogP contribution in [0.15, 0.2) is 24.3 Å². The number of carbonyl (C=O) groups is 2. The smallest absolute Gasteiger partial charge is 0.314 e. The van der Waals surface area contributed by atoms with Crippen LogP contribution in [0.3, 0.4) is 0 Å². The molecule has 5 nitrogen and oxygen atoms in total. The molecule has 1 aliphatic carbocycles. The molecule has 0 aliphatic heterocycles. The number of nitrogens with one attached hydrogen (secondary N) is 2. The molecule has 2 rings (SSSR count). The number of urea groups is 1. The maximum absolute atomic E-state index is 11.8. The first-order valence-corrected chi connectivity index (χ1v) is 8.23. The van der Waals surface area contributed by atoms with Crippen LogP contribution in [-0.2, 0) is 10.2 Å². The second-order valence-corrected chi connectivity index (χ2v) is 6.84. The van der Waals surface area contributed by atoms with Gasteiger partial charge in [-0.1, -0.05) is 38.1 Å². The first-order chi connectivity index (χ1) is 10.9. The molecule has 1 aliphatic rings. The third kappa shape index (κ3) is 4.71. The molecule has 1 unspecified atom stereocenters. The number of aliphatic carboxylic acids is 1. The summed E-state index contributed by atoms with van der Waals surface area (Å²) in [6.45, 7) is 5.53. The van der Waals surface area contributed by atoms with Crippen LogP contribution in [-0.4, -0.2) is 30.2 Å². The van der Waals surface area contributed by atoms with Gasteiger partial charge in [0.15, 0.2) is 0 Å². The molecule has 1 aromatic carbocycles. The normalized spacial score (nSPS) is 18.8. The molecule has 0 saturated heterocycles. The standard InChI is InChI=1S/C18H26N2O3/c1-18(2)10-9-13(14-6-3-4-7-15(14)18)12-20-17(23)19-11-5-8-16(21)22/h3-4,6-7,13H,5,8-12H2,1-2H3,(H,21,22)(H2,19,20,23). The maximum atomic E-state index is 11.8. The molecule has 1 aromatic rings. The first kappa shape index (κ1) is 17.3. The van der Waals surface area contributed by atoms with E-state index in [0.717, 1.165) is 12.8 Å². The molecular weight excluding hydrogens is 292 g/mol. The highest BCUT2D eigenvalue weighted by Crippen LogP contribution is 2.42. The second kappa shape index (κ2) is 7.49. The minimum Gasteiger partial charge on any atom is -0.481 e. The summed E-state index contributed by atoms with van der Waals surface area (Å²) in [7, 11) is 0. The zero-order valence-electron chi connectivity index (χ0n) is 13.9. The van der Waals surface area contributed by atoms with Crippen LogP contribution < -0.4 is 10.6 Å². The number of benzene rings is 1. The summed E-state index contributed by atoms with van der Waals surface area (Å²) in [4.78, 5) is 22.2. The Balaban J connectivity index is 1.84. The van der Waals surface area contributed by atoms with Gasteiger partial charge in [0.25, 0.3) is 0 Å². The number of carboxylic acid groups (broad SMARTS) is 1. The number of fused-ring (bicyclic) bond motifs is 1. The highest BCUT2D eigenvalue weighted by atomic mass is 16.4. The van der Waals surface area contributed by atoms with Gasteiger partial charge in [-0.15, -0.1) is 0 Å². The Kier molecular flexibility index (Phi) is 5.64. The fourth-order valence-corrected chi connectivity index (χ4v) is 3.23. The molecule has 0 saturated carbocycles. The lowest BCUT2D eigenvalue weighted by Gasteiger charge is -2.37. The number of carbonyl (C=O) groups excluding carboxylic acids is 1. The number of rotatable bonds is 6. The largest absolute Gasteiger partial charge is 0.481 e. The lowest BCUT2D eigenvalue weighted by molar-refractivity contribution is -0.137. The zero-order valence-corrected chi connectivity index (χ0v) is 13.9. The van der Waals surface area contributed by atoms with Crippen molar-refractivity contribution in [1.82, 2.24) is 10.6 Å². The maximum Gasteiger partial charge on any atom is 0.314 e. The van der Waals surface area contributed by atoms with Crippen molar-refractivity contribution < 1.29 is 14.7 Å². The molecule has 0 aromatic heterocycles. The molecule has 1 atom stereocenters. The lowest BCUT2D eigenvalue weighted by Crippen LogP contribution is -2.39. The van der Waals surface area contributed by atoms with E-state index < -0.39 is 5.97 Å². The van der Waals surface area contributed by atoms with Crippen molar-refractivity contribution in [3.8, 4) is 0 Å². The summed E-state index contributed by atoms with van der Waals surface area (Å²) in [6.07, 6.45) is 2.69. The van der Waals surface area contributed by atoms with Crippen LogP contribution in [0.5, 0.6) is 0 Å². The average molecular weight is 318 g/mol. The number of hydrogen-bond acceptors (Lipinski definition) is 2. The van der Waals surface area contributed by atoms with Crippen molar-refractivity contribution in [1.29, 1.82) is 0 Å². The molecule has 0 spiro atoms. The molecule has 0 heterocycles. The Labute approximate surface area is 137 Å². The Morgan fingerprint density at radius 2 is 2.00 bits per heavy atom. The Morgan fingerprint density at radius 1 is 1.26 bits per heavy atom. The number of hydrogen-bond donors (Lipinski definition) is 3. The van der Waals surface area contributed by atoms with Crippen molar-refractivity contribution in [3.63, 3.8) is 0 Å². The van der Waals surface area contributed by atoms with E-state index >= 15 is 0 Å². The van der Waals surface area contributed by atoms with Crippen LogP contribution >= 0.6 is 0 Å². The summed E-state index contributed by atoms with van der Waals surface area (Å²) in [6, 6.07) is 8.25. The monoisotopic (exact) mass is 318 g/mol. The number of carboxylic acids is 1. The van der Waals surface area contributed by atoms with Crippen molar-refractivity contribution in [3.05, 3.63) is 35.4 Å². The van der Waals surface area contributed by atoms with Crippen LogP contribution in [0.4, 0.5) is 4.79 Å². The van der Waals surface area contributed by atoms with E-state index in [1.807, 2.05) is 0 Å². The van der Waals surface area contributed by atoms with Gasteiger partial charge in [0.05, 0.1) is 0 Å². The molecule has 0 radical (unpaired) electrons. The van der Waals surface area contributed by atoms with E-state index in [1.54, 1.807) is 0 Å². The highest BCUT2D eigenvalue weighted by Gasteiger charge is 2.32. The van der Waals surface area contributed by atoms with E-state index in [4.69, 9.17) is 5.11 Å². The van der Waals surface area contributed by atoms with E-state index in [-0.39, 0.29) is 17.9 Å². The molecule has 126 valence electrons. The third-order valence-corrected chi connectivity index (χ3v) is 4.61. The highest BCUT2D eigenvalue weighted by molar-refractivity contribution is 5.74. The zero-order chi connectivity index (χ0) is 16.9. The van der Waals surface area contributed by atoms with E-state index in [2.05, 4.69) is 48.7 Å². The quantitative estimate of drug-likeness (QED) is 0.706. The molecular formula is C18H26N2O3. The predicted molar refractivity (Wildman–Crippen MR) is 89.7 cm³/mol. The van der Waals surface area contributed by atoms with E-state index in [1.165, 1.54) is 11.1 Å². The molecule has 5 heteroatoms. The summed E-state index contributed by atoms with van der Waals surface area (Å²) < 4.78 is 0. The summed E-state index contributed by atoms with van der Waals surface area (Å²) in [5.74, 6) is -0.502. The molecule has 0 bridgehead atoms. The van der Waals surface area contributed by atoms with Crippen LogP contribution in [0, 0.1) is 0 Å². The van der Waals surface area contributed by atoms with Gasteiger partial charge in [0, 0.05) is 25.4 Å². The lowest BCUT2D eigenvalue weighted by atomic mass is 9.69. The van der Waals surface area contributed by atoms with Gasteiger partial charge in [-0.3, -0.25) is 4.79 Å². The topological polar surface area (TPSA) is 78.4 Å². The van der Waals surface area contributed by atoms with E-state index in [0.29, 0.717) is 25.4 Å². The fraction of sp³-hybridized carbons (Fsp3) is 0.556. The van der Waals surface area contributed by atoms with Gasteiger partial charge >= 0.3 is 12.0 Å². The van der Waals surface area contributed by atoms with Crippen LogP contribution in [0.2, 0.25) is 0 Å². The van der Waals surface area contributed by atoms with Crippen molar-refractivity contribution in [2.75, 3.05) is 13.1 Å². The average Bonchev–Trinajstić information content (AvgIpc) is 2.51. The molecule has 3 N–H and O–H groups in total. The Hall–Kier alpha value is -2.04. The fourth-order valence-electron chi connectivity index (χ4n) is 3.23. The van der Waals surface area contributed by atoms with Crippen molar-refractivity contribution >= 4 is 12.0 Å². The minimum absolute atomic E-state index is 0.0748. The summed E-state index contributed by atoms with van der Waals surface area (Å²) in [5, 5.41) is 14.2. The minimum atomic E-state index is -0.839. The van der Waals surface area contributed by atoms with Gasteiger partial charge in [0.2, 0.25) is 0 Å². The Bertz CT molecular complexity index is 569. The Morgan fingerprint density at radius 3 is 2.74 bits per heavy atom. The van der Waals surface area contributed by atoms with Crippen molar-refractivity contribution in [2.45, 2.75) is 50.9 Å². The van der Waals surface area contributed by atoms with Gasteiger partial charge in [-0.25, -0.2) is 4.79 Å². The van der Waals surface area contributed by atoms with E-state index in [9.17, 15) is 9.59 Å². The van der Waals surface area contributed by atoms with Crippen molar-refractivity contribution in [2.24, 2.45) is 0 Å². The van der Waals surface area contributed by atoms with Gasteiger partial charge in [0.1, 0.15) is 0 Å². The third-order valence-electron chi connectivity index (χ3n) is 4.61. The molecule has 0 fully saturated rings. The van der Waals surface area contributed by atoms with Gasteiger partial charge in [-0.05, 0) is 35.8 Å². The first-order valence-electron chi connectivity index (χ1n) is 8.23. The number of amides is 2. The molecule has 23 heavy (non-hydrogen) atoms. The molecule has 2 amide bonds. The predicted octanol–water partition coefficient (Wildman–Crippen LogP) is 3.01. The van der Waals surface area contributed by atoms with Gasteiger partial charge < -0.3 is 15.7 Å².